The molecular weight excluding hydrogens is 346 g/mol. The molecule has 1 aromatic carbocycles. The number of nitrogens with zero attached hydrogens (tertiary/aromatic N) is 2. The molecule has 0 saturated heterocycles. The van der Waals surface area contributed by atoms with Crippen molar-refractivity contribution in [3.8, 4) is 0 Å². The van der Waals surface area contributed by atoms with E-state index in [4.69, 9.17) is 22.5 Å². The molecule has 1 fully saturated rings. The van der Waals surface area contributed by atoms with Gasteiger partial charge in [-0.3, -0.25) is 4.79 Å². The van der Waals surface area contributed by atoms with Crippen LogP contribution >= 0.6 is 27.5 Å². The molecule has 0 bridgehead atoms. The standard InChI is InChI=1S/C13H15BrClN3O2/c14-9-5-8(6-10(15)7-9)13(19)18(11-1-2-11)4-3-12(16)17-20/h5-7,11,20H,1-4H2,(H2,16,17). The zero-order valence-corrected chi connectivity index (χ0v) is 13.1. The van der Waals surface area contributed by atoms with Gasteiger partial charge < -0.3 is 15.8 Å². The summed E-state index contributed by atoms with van der Waals surface area (Å²) in [5.41, 5.74) is 6.00. The maximum Gasteiger partial charge on any atom is 0.254 e. The van der Waals surface area contributed by atoms with Crippen molar-refractivity contribution in [2.24, 2.45) is 10.9 Å². The van der Waals surface area contributed by atoms with E-state index >= 15 is 0 Å². The minimum Gasteiger partial charge on any atom is -0.409 e. The van der Waals surface area contributed by atoms with Crippen molar-refractivity contribution in [3.05, 3.63) is 33.3 Å². The lowest BCUT2D eigenvalue weighted by atomic mass is 10.2. The summed E-state index contributed by atoms with van der Waals surface area (Å²) >= 11 is 9.30. The van der Waals surface area contributed by atoms with Crippen LogP contribution in [0.15, 0.2) is 27.8 Å². The van der Waals surface area contributed by atoms with Gasteiger partial charge in [0.2, 0.25) is 0 Å². The summed E-state index contributed by atoms with van der Waals surface area (Å²) < 4.78 is 0.764. The summed E-state index contributed by atoms with van der Waals surface area (Å²) in [7, 11) is 0. The highest BCUT2D eigenvalue weighted by Gasteiger charge is 2.33. The summed E-state index contributed by atoms with van der Waals surface area (Å²) in [6, 6.07) is 5.36. The average Bonchev–Trinajstić information content (AvgIpc) is 3.21. The lowest BCUT2D eigenvalue weighted by Crippen LogP contribution is -2.36. The third-order valence-electron chi connectivity index (χ3n) is 3.10. The van der Waals surface area contributed by atoms with Crippen LogP contribution in [0.5, 0.6) is 0 Å². The van der Waals surface area contributed by atoms with Crippen LogP contribution in [0.3, 0.4) is 0 Å². The number of carbonyl (C=O) groups is 1. The molecule has 0 aliphatic heterocycles. The molecule has 3 N–H and O–H groups in total. The fraction of sp³-hybridized carbons (Fsp3) is 0.385. The summed E-state index contributed by atoms with van der Waals surface area (Å²) in [6.45, 7) is 0.434. The lowest BCUT2D eigenvalue weighted by Gasteiger charge is -2.22. The van der Waals surface area contributed by atoms with Gasteiger partial charge in [-0.1, -0.05) is 32.7 Å². The van der Waals surface area contributed by atoms with Crippen LogP contribution in [0.2, 0.25) is 5.02 Å². The number of nitrogens with two attached hydrogens (primary N) is 1. The van der Waals surface area contributed by atoms with Crippen molar-refractivity contribution >= 4 is 39.3 Å². The van der Waals surface area contributed by atoms with Crippen LogP contribution in [-0.4, -0.2) is 34.4 Å². The topological polar surface area (TPSA) is 78.9 Å². The van der Waals surface area contributed by atoms with Crippen LogP contribution < -0.4 is 5.73 Å². The SMILES string of the molecule is N/C(CCN(C(=O)c1cc(Cl)cc(Br)c1)C1CC1)=N/O. The largest absolute Gasteiger partial charge is 0.409 e. The van der Waals surface area contributed by atoms with E-state index in [0.717, 1.165) is 17.3 Å². The number of amides is 1. The predicted octanol–water partition coefficient (Wildman–Crippen LogP) is 2.84. The molecule has 108 valence electrons. The van der Waals surface area contributed by atoms with Crippen LogP contribution in [0.25, 0.3) is 0 Å². The Labute approximate surface area is 130 Å². The van der Waals surface area contributed by atoms with Crippen molar-refractivity contribution in [2.45, 2.75) is 25.3 Å². The van der Waals surface area contributed by atoms with E-state index in [1.807, 2.05) is 0 Å². The van der Waals surface area contributed by atoms with Crippen molar-refractivity contribution in [1.29, 1.82) is 0 Å². The van der Waals surface area contributed by atoms with Gasteiger partial charge in [-0.25, -0.2) is 0 Å². The molecular formula is C13H15BrClN3O2. The Hall–Kier alpha value is -1.27. The van der Waals surface area contributed by atoms with Gasteiger partial charge in [0, 0.05) is 34.1 Å². The first kappa shape index (κ1) is 15.1. The number of benzene rings is 1. The predicted molar refractivity (Wildman–Crippen MR) is 81.2 cm³/mol. The van der Waals surface area contributed by atoms with Gasteiger partial charge in [0.15, 0.2) is 0 Å². The first-order valence-corrected chi connectivity index (χ1v) is 7.42. The van der Waals surface area contributed by atoms with E-state index in [-0.39, 0.29) is 17.8 Å². The number of hydrogen-bond acceptors (Lipinski definition) is 3. The second kappa shape index (κ2) is 6.45. The second-order valence-electron chi connectivity index (χ2n) is 4.73. The maximum absolute atomic E-state index is 12.5. The van der Waals surface area contributed by atoms with E-state index in [9.17, 15) is 4.79 Å². The molecule has 20 heavy (non-hydrogen) atoms. The highest BCUT2D eigenvalue weighted by molar-refractivity contribution is 9.10. The molecule has 2 rings (SSSR count). The number of hydrogen-bond donors (Lipinski definition) is 2. The van der Waals surface area contributed by atoms with Gasteiger partial charge in [0.05, 0.1) is 0 Å². The highest BCUT2D eigenvalue weighted by atomic mass is 79.9. The van der Waals surface area contributed by atoms with Crippen molar-refractivity contribution in [1.82, 2.24) is 4.90 Å². The maximum atomic E-state index is 12.5. The first-order valence-electron chi connectivity index (χ1n) is 6.24. The third-order valence-corrected chi connectivity index (χ3v) is 3.77. The minimum atomic E-state index is -0.0820. The zero-order valence-electron chi connectivity index (χ0n) is 10.7. The minimum absolute atomic E-state index is 0.0820. The van der Waals surface area contributed by atoms with E-state index in [2.05, 4.69) is 21.1 Å². The summed E-state index contributed by atoms with van der Waals surface area (Å²) in [4.78, 5) is 14.3. The molecule has 0 atom stereocenters. The van der Waals surface area contributed by atoms with Crippen LogP contribution in [0, 0.1) is 0 Å². The number of halogens is 2. The summed E-state index contributed by atoms with van der Waals surface area (Å²) in [6.07, 6.45) is 2.33. The normalized spacial score (nSPS) is 15.2. The smallest absolute Gasteiger partial charge is 0.254 e. The van der Waals surface area contributed by atoms with Crippen molar-refractivity contribution in [2.75, 3.05) is 6.54 Å². The molecule has 7 heteroatoms. The van der Waals surface area contributed by atoms with Gasteiger partial charge in [-0.15, -0.1) is 0 Å². The Balaban J connectivity index is 2.14. The molecule has 0 radical (unpaired) electrons. The number of oxime groups is 1. The molecule has 1 aromatic rings. The fourth-order valence-corrected chi connectivity index (χ4v) is 2.82. The van der Waals surface area contributed by atoms with E-state index < -0.39 is 0 Å². The summed E-state index contributed by atoms with van der Waals surface area (Å²) in [5.74, 6) is 0.0390. The van der Waals surface area contributed by atoms with Gasteiger partial charge in [0.1, 0.15) is 5.84 Å². The molecule has 1 saturated carbocycles. The summed E-state index contributed by atoms with van der Waals surface area (Å²) in [5, 5.41) is 12.0. The van der Waals surface area contributed by atoms with Crippen LogP contribution in [0.4, 0.5) is 0 Å². The fourth-order valence-electron chi connectivity index (χ4n) is 1.96. The van der Waals surface area contributed by atoms with Gasteiger partial charge in [-0.2, -0.15) is 0 Å². The third kappa shape index (κ3) is 3.86. The quantitative estimate of drug-likeness (QED) is 0.367. The van der Waals surface area contributed by atoms with Crippen LogP contribution in [-0.2, 0) is 0 Å². The molecule has 5 nitrogen and oxygen atoms in total. The van der Waals surface area contributed by atoms with Gasteiger partial charge in [-0.05, 0) is 31.0 Å². The lowest BCUT2D eigenvalue weighted by molar-refractivity contribution is 0.0747. The number of carbonyl (C=O) groups excluding carboxylic acids is 1. The van der Waals surface area contributed by atoms with E-state index in [1.165, 1.54) is 0 Å². The molecule has 0 unspecified atom stereocenters. The Bertz CT molecular complexity index is 526. The second-order valence-corrected chi connectivity index (χ2v) is 6.08. The Morgan fingerprint density at radius 3 is 2.75 bits per heavy atom. The van der Waals surface area contributed by atoms with Gasteiger partial charge in [0.25, 0.3) is 5.91 Å². The Kier molecular flexibility index (Phi) is 4.88. The zero-order chi connectivity index (χ0) is 14.7. The van der Waals surface area contributed by atoms with Crippen molar-refractivity contribution < 1.29 is 10.0 Å². The number of rotatable bonds is 5. The molecule has 1 aliphatic carbocycles. The molecule has 0 spiro atoms. The van der Waals surface area contributed by atoms with Crippen LogP contribution in [0.1, 0.15) is 29.6 Å². The van der Waals surface area contributed by atoms with Crippen molar-refractivity contribution in [3.63, 3.8) is 0 Å². The molecule has 0 aromatic heterocycles. The number of amidine groups is 1. The van der Waals surface area contributed by atoms with Gasteiger partial charge >= 0.3 is 0 Å². The Morgan fingerprint density at radius 1 is 1.50 bits per heavy atom. The monoisotopic (exact) mass is 359 g/mol. The van der Waals surface area contributed by atoms with E-state index in [0.29, 0.717) is 23.6 Å². The molecule has 1 aliphatic rings. The highest BCUT2D eigenvalue weighted by Crippen LogP contribution is 2.29. The molecule has 0 heterocycles. The molecule has 1 amide bonds. The first-order chi connectivity index (χ1) is 9.51. The average molecular weight is 361 g/mol. The Morgan fingerprint density at radius 2 is 2.20 bits per heavy atom. The van der Waals surface area contributed by atoms with E-state index in [1.54, 1.807) is 23.1 Å².